The molecule has 2 aromatic carbocycles. The molecule has 0 N–H and O–H groups in total. The monoisotopic (exact) mass is 382 g/mol. The maximum absolute atomic E-state index is 12.7. The second-order valence-electron chi connectivity index (χ2n) is 6.30. The molecule has 1 heterocycles. The zero-order valence-electron chi connectivity index (χ0n) is 16.3. The third-order valence-electron chi connectivity index (χ3n) is 4.11. The van der Waals surface area contributed by atoms with Crippen molar-refractivity contribution in [3.05, 3.63) is 59.4 Å². The molecule has 6 nitrogen and oxygen atoms in total. The Morgan fingerprint density at radius 1 is 1.07 bits per heavy atom. The first kappa shape index (κ1) is 19.4. The summed E-state index contributed by atoms with van der Waals surface area (Å²) in [5, 5.41) is 0. The van der Waals surface area contributed by atoms with E-state index in [0.717, 1.165) is 5.57 Å². The molecule has 0 fully saturated rings. The summed E-state index contributed by atoms with van der Waals surface area (Å²) in [5.74, 6) is 2.55. The van der Waals surface area contributed by atoms with E-state index in [1.807, 2.05) is 6.92 Å². The van der Waals surface area contributed by atoms with Gasteiger partial charge in [0, 0.05) is 6.07 Å². The maximum atomic E-state index is 12.7. The smallest absolute Gasteiger partial charge is 0.231 e. The van der Waals surface area contributed by atoms with Crippen LogP contribution < -0.4 is 23.7 Å². The zero-order valence-corrected chi connectivity index (χ0v) is 16.3. The molecule has 0 radical (unpaired) electrons. The highest BCUT2D eigenvalue weighted by Gasteiger charge is 2.28. The topological polar surface area (TPSA) is 63.2 Å². The fourth-order valence-corrected chi connectivity index (χ4v) is 2.80. The van der Waals surface area contributed by atoms with Gasteiger partial charge in [0.15, 0.2) is 17.3 Å². The number of fused-ring (bicyclic) bond motifs is 1. The second kappa shape index (κ2) is 8.08. The first-order valence-corrected chi connectivity index (χ1v) is 8.62. The van der Waals surface area contributed by atoms with Crippen LogP contribution in [0, 0.1) is 0 Å². The maximum Gasteiger partial charge on any atom is 0.231 e. The summed E-state index contributed by atoms with van der Waals surface area (Å²) < 4.78 is 27.4. The highest BCUT2D eigenvalue weighted by molar-refractivity contribution is 6.14. The number of hydrogen-bond donors (Lipinski definition) is 0. The van der Waals surface area contributed by atoms with E-state index in [9.17, 15) is 4.79 Å². The molecule has 1 aliphatic heterocycles. The summed E-state index contributed by atoms with van der Waals surface area (Å²) >= 11 is 0. The Hall–Kier alpha value is -3.41. The van der Waals surface area contributed by atoms with Gasteiger partial charge in [0.05, 0.1) is 26.9 Å². The SMILES string of the molecule is C=C(C)COc1ccc2c(c1)O/C(=C\c1cc(OC)c(OC)c(OC)c1)C2=O. The summed E-state index contributed by atoms with van der Waals surface area (Å²) in [6.45, 7) is 6.09. The number of carbonyl (C=O) groups excluding carboxylic acids is 1. The van der Waals surface area contributed by atoms with Crippen LogP contribution in [0.25, 0.3) is 6.08 Å². The van der Waals surface area contributed by atoms with Gasteiger partial charge in [-0.3, -0.25) is 4.79 Å². The Kier molecular flexibility index (Phi) is 5.59. The van der Waals surface area contributed by atoms with Crippen LogP contribution >= 0.6 is 0 Å². The minimum absolute atomic E-state index is 0.199. The van der Waals surface area contributed by atoms with Crippen molar-refractivity contribution in [3.63, 3.8) is 0 Å². The molecule has 0 atom stereocenters. The zero-order chi connectivity index (χ0) is 20.3. The minimum Gasteiger partial charge on any atom is -0.493 e. The van der Waals surface area contributed by atoms with Crippen LogP contribution in [0.4, 0.5) is 0 Å². The van der Waals surface area contributed by atoms with Crippen LogP contribution in [0.15, 0.2) is 48.2 Å². The van der Waals surface area contributed by atoms with Crippen molar-refractivity contribution in [2.75, 3.05) is 27.9 Å². The second-order valence-corrected chi connectivity index (χ2v) is 6.30. The highest BCUT2D eigenvalue weighted by atomic mass is 16.5. The van der Waals surface area contributed by atoms with E-state index in [0.29, 0.717) is 46.5 Å². The minimum atomic E-state index is -0.199. The van der Waals surface area contributed by atoms with Crippen molar-refractivity contribution in [1.29, 1.82) is 0 Å². The van der Waals surface area contributed by atoms with Crippen LogP contribution in [0.2, 0.25) is 0 Å². The summed E-state index contributed by atoms with van der Waals surface area (Å²) in [6, 6.07) is 8.63. The molecule has 2 aromatic rings. The first-order valence-electron chi connectivity index (χ1n) is 8.62. The molecule has 0 saturated carbocycles. The van der Waals surface area contributed by atoms with E-state index in [4.69, 9.17) is 23.7 Å². The van der Waals surface area contributed by atoms with Crippen molar-refractivity contribution >= 4 is 11.9 Å². The van der Waals surface area contributed by atoms with Gasteiger partial charge in [-0.15, -0.1) is 0 Å². The van der Waals surface area contributed by atoms with Gasteiger partial charge in [-0.2, -0.15) is 0 Å². The number of ketones is 1. The number of rotatable bonds is 7. The summed E-state index contributed by atoms with van der Waals surface area (Å²) in [7, 11) is 4.60. The average Bonchev–Trinajstić information content (AvgIpc) is 3.00. The molecule has 146 valence electrons. The van der Waals surface area contributed by atoms with Gasteiger partial charge < -0.3 is 23.7 Å². The first-order chi connectivity index (χ1) is 13.5. The summed E-state index contributed by atoms with van der Waals surface area (Å²) in [4.78, 5) is 12.7. The number of Topliss-reactive ketones (excluding diaryl/α,β-unsaturated/α-hetero) is 1. The number of carbonyl (C=O) groups is 1. The molecule has 0 unspecified atom stereocenters. The summed E-state index contributed by atoms with van der Waals surface area (Å²) in [5.41, 5.74) is 2.08. The van der Waals surface area contributed by atoms with Crippen LogP contribution in [-0.4, -0.2) is 33.7 Å². The quantitative estimate of drug-likeness (QED) is 0.526. The third kappa shape index (κ3) is 3.81. The lowest BCUT2D eigenvalue weighted by Crippen LogP contribution is -1.99. The van der Waals surface area contributed by atoms with Crippen LogP contribution in [0.5, 0.6) is 28.7 Å². The molecule has 0 aliphatic carbocycles. The van der Waals surface area contributed by atoms with Crippen molar-refractivity contribution in [1.82, 2.24) is 0 Å². The van der Waals surface area contributed by atoms with Crippen LogP contribution in [-0.2, 0) is 0 Å². The van der Waals surface area contributed by atoms with Gasteiger partial charge in [-0.25, -0.2) is 0 Å². The van der Waals surface area contributed by atoms with E-state index >= 15 is 0 Å². The molecule has 28 heavy (non-hydrogen) atoms. The number of hydrogen-bond acceptors (Lipinski definition) is 6. The standard InChI is InChI=1S/C22H22O6/c1-13(2)12-27-15-6-7-16-17(11-15)28-18(21(16)23)8-14-9-19(24-3)22(26-5)20(10-14)25-4/h6-11H,1,12H2,2-5H3/b18-8-. The predicted octanol–water partition coefficient (Wildman–Crippen LogP) is 4.28. The molecule has 0 spiro atoms. The van der Waals surface area contributed by atoms with Crippen molar-refractivity contribution < 1.29 is 28.5 Å². The third-order valence-corrected chi connectivity index (χ3v) is 4.11. The lowest BCUT2D eigenvalue weighted by molar-refractivity contribution is 0.101. The molecule has 0 bridgehead atoms. The van der Waals surface area contributed by atoms with E-state index in [1.165, 1.54) is 21.3 Å². The van der Waals surface area contributed by atoms with Crippen molar-refractivity contribution in [2.45, 2.75) is 6.92 Å². The molecular weight excluding hydrogens is 360 g/mol. The van der Waals surface area contributed by atoms with Gasteiger partial charge in [0.2, 0.25) is 11.5 Å². The molecule has 0 amide bonds. The Bertz CT molecular complexity index is 932. The van der Waals surface area contributed by atoms with E-state index < -0.39 is 0 Å². The van der Waals surface area contributed by atoms with Crippen molar-refractivity contribution in [3.8, 4) is 28.7 Å². The van der Waals surface area contributed by atoms with Gasteiger partial charge in [0.1, 0.15) is 18.1 Å². The largest absolute Gasteiger partial charge is 0.493 e. The number of benzene rings is 2. The summed E-state index contributed by atoms with van der Waals surface area (Å²) in [6.07, 6.45) is 1.64. The van der Waals surface area contributed by atoms with E-state index in [2.05, 4.69) is 6.58 Å². The van der Waals surface area contributed by atoms with E-state index in [1.54, 1.807) is 36.4 Å². The van der Waals surface area contributed by atoms with Gasteiger partial charge in [-0.05, 0) is 48.4 Å². The van der Waals surface area contributed by atoms with Crippen LogP contribution in [0.1, 0.15) is 22.8 Å². The predicted molar refractivity (Wildman–Crippen MR) is 106 cm³/mol. The number of allylic oxidation sites excluding steroid dienone is 1. The normalized spacial score (nSPS) is 13.7. The molecule has 0 saturated heterocycles. The Morgan fingerprint density at radius 2 is 1.75 bits per heavy atom. The van der Waals surface area contributed by atoms with Crippen LogP contribution in [0.3, 0.4) is 0 Å². The lowest BCUT2D eigenvalue weighted by Gasteiger charge is -2.13. The molecular formula is C22H22O6. The van der Waals surface area contributed by atoms with E-state index in [-0.39, 0.29) is 11.5 Å². The molecule has 1 aliphatic rings. The number of methoxy groups -OCH3 is 3. The fourth-order valence-electron chi connectivity index (χ4n) is 2.80. The molecule has 6 heteroatoms. The Labute approximate surface area is 163 Å². The Morgan fingerprint density at radius 3 is 2.32 bits per heavy atom. The van der Waals surface area contributed by atoms with Gasteiger partial charge in [0.25, 0.3) is 0 Å². The highest BCUT2D eigenvalue weighted by Crippen LogP contribution is 2.40. The van der Waals surface area contributed by atoms with Gasteiger partial charge >= 0.3 is 0 Å². The molecule has 0 aromatic heterocycles. The fraction of sp³-hybridized carbons (Fsp3) is 0.227. The lowest BCUT2D eigenvalue weighted by atomic mass is 10.1. The Balaban J connectivity index is 1.91. The van der Waals surface area contributed by atoms with Crippen molar-refractivity contribution in [2.24, 2.45) is 0 Å². The average molecular weight is 382 g/mol. The number of ether oxygens (including phenoxy) is 5. The molecule has 3 rings (SSSR count). The van der Waals surface area contributed by atoms with Gasteiger partial charge in [-0.1, -0.05) is 6.58 Å².